The van der Waals surface area contributed by atoms with Crippen LogP contribution in [-0.2, 0) is 4.74 Å². The van der Waals surface area contributed by atoms with Crippen molar-refractivity contribution in [1.82, 2.24) is 4.98 Å². The van der Waals surface area contributed by atoms with E-state index in [-0.39, 0.29) is 17.1 Å². The average molecular weight is 508 g/mol. The summed E-state index contributed by atoms with van der Waals surface area (Å²) < 4.78 is 33.2. The standard InChI is InChI=1S/C31H37F2N2O2/c1-29-11-9-24-16-23-5-6-25(35(2,36)19-28(32)33)17-30(23)12-13-31(24,37-30)27(29)8-7-26(29)21-4-3-20-10-14-34-18-22(20)15-21/h3-4,9-10,14-16,18,25-28,36H,5-8,11-13,17,19H2,1-2H3/q+1/t25-,26+,27+,29+,30+,31+,35?/m0/s1. The van der Waals surface area contributed by atoms with Gasteiger partial charge in [-0.3, -0.25) is 4.98 Å². The molecule has 1 aromatic carbocycles. The van der Waals surface area contributed by atoms with E-state index in [1.165, 1.54) is 27.5 Å². The monoisotopic (exact) mass is 507 g/mol. The minimum atomic E-state index is -2.53. The van der Waals surface area contributed by atoms with Gasteiger partial charge in [0.15, 0.2) is 6.54 Å². The van der Waals surface area contributed by atoms with Crippen LogP contribution >= 0.6 is 0 Å². The molecule has 0 radical (unpaired) electrons. The number of hydrogen-bond acceptors (Lipinski definition) is 3. The van der Waals surface area contributed by atoms with E-state index in [0.29, 0.717) is 18.3 Å². The van der Waals surface area contributed by atoms with Crippen molar-refractivity contribution in [2.45, 2.75) is 87.9 Å². The van der Waals surface area contributed by atoms with Gasteiger partial charge in [-0.25, -0.2) is 14.0 Å². The number of aromatic nitrogens is 1. The summed E-state index contributed by atoms with van der Waals surface area (Å²) in [5, 5.41) is 13.4. The minimum absolute atomic E-state index is 0.0988. The quantitative estimate of drug-likeness (QED) is 0.360. The normalized spacial score (nSPS) is 40.0. The second-order valence-corrected chi connectivity index (χ2v) is 12.9. The fourth-order valence-electron chi connectivity index (χ4n) is 9.15. The van der Waals surface area contributed by atoms with Crippen molar-refractivity contribution < 1.29 is 23.4 Å². The molecular formula is C31H37F2N2O2+. The van der Waals surface area contributed by atoms with Gasteiger partial charge in [-0.15, -0.1) is 0 Å². The van der Waals surface area contributed by atoms with Gasteiger partial charge in [0.2, 0.25) is 0 Å². The number of halogens is 2. The fraction of sp³-hybridized carbons (Fsp3) is 0.581. The molecule has 1 saturated heterocycles. The van der Waals surface area contributed by atoms with E-state index in [0.717, 1.165) is 44.9 Å². The molecule has 2 spiro atoms. The minimum Gasteiger partial charge on any atom is -0.359 e. The Kier molecular flexibility index (Phi) is 5.13. The van der Waals surface area contributed by atoms with Gasteiger partial charge in [-0.1, -0.05) is 31.2 Å². The Morgan fingerprint density at radius 1 is 1.16 bits per heavy atom. The summed E-state index contributed by atoms with van der Waals surface area (Å²) >= 11 is 0. The number of benzene rings is 1. The van der Waals surface area contributed by atoms with Crippen molar-refractivity contribution in [3.63, 3.8) is 0 Å². The summed E-state index contributed by atoms with van der Waals surface area (Å²) in [4.78, 5) is 4.34. The van der Waals surface area contributed by atoms with Gasteiger partial charge in [-0.2, -0.15) is 4.65 Å². The third kappa shape index (κ3) is 3.38. The number of rotatable bonds is 4. The number of hydrogen-bond donors (Lipinski definition) is 1. The molecular weight excluding hydrogens is 470 g/mol. The molecule has 37 heavy (non-hydrogen) atoms. The highest BCUT2D eigenvalue weighted by molar-refractivity contribution is 5.82. The number of allylic oxidation sites excluding steroid dienone is 1. The number of alkyl halides is 2. The summed E-state index contributed by atoms with van der Waals surface area (Å²) in [6.45, 7) is 1.94. The molecule has 2 aromatic rings. The third-order valence-corrected chi connectivity index (χ3v) is 11.0. The Morgan fingerprint density at radius 3 is 2.86 bits per heavy atom. The molecule has 196 valence electrons. The van der Waals surface area contributed by atoms with Crippen molar-refractivity contribution in [1.29, 1.82) is 0 Å². The van der Waals surface area contributed by atoms with Crippen LogP contribution in [0.2, 0.25) is 0 Å². The molecule has 1 aromatic heterocycles. The first-order valence-corrected chi connectivity index (χ1v) is 14.0. The lowest BCUT2D eigenvalue weighted by Gasteiger charge is -2.54. The molecule has 5 aliphatic rings. The van der Waals surface area contributed by atoms with Gasteiger partial charge in [-0.05, 0) is 90.0 Å². The van der Waals surface area contributed by atoms with E-state index in [1.807, 2.05) is 12.4 Å². The Hall–Kier alpha value is -2.15. The maximum absolute atomic E-state index is 13.2. The molecule has 2 bridgehead atoms. The van der Waals surface area contributed by atoms with Gasteiger partial charge in [0.1, 0.15) is 6.04 Å². The molecule has 2 aliphatic heterocycles. The van der Waals surface area contributed by atoms with Crippen molar-refractivity contribution in [2.24, 2.45) is 11.3 Å². The SMILES string of the molecule is C[C@]12CC=C3C=C4CC[C@H]([N+](C)(O)CC(F)F)C[C@]45CC[C@]3(O5)[C@@H]1CC[C@@H]2c1ccc2ccncc2c1. The fourth-order valence-corrected chi connectivity index (χ4v) is 9.15. The first-order valence-electron chi connectivity index (χ1n) is 14.0. The van der Waals surface area contributed by atoms with E-state index in [1.54, 1.807) is 7.05 Å². The van der Waals surface area contributed by atoms with Crippen LogP contribution in [0.15, 0.2) is 60.0 Å². The number of nitrogens with zero attached hydrogens (tertiary/aromatic N) is 2. The van der Waals surface area contributed by atoms with E-state index in [9.17, 15) is 14.0 Å². The van der Waals surface area contributed by atoms with Crippen molar-refractivity contribution >= 4 is 10.8 Å². The van der Waals surface area contributed by atoms with E-state index in [2.05, 4.69) is 48.3 Å². The summed E-state index contributed by atoms with van der Waals surface area (Å²) in [5.74, 6) is 0.880. The predicted molar refractivity (Wildman–Crippen MR) is 138 cm³/mol. The number of fused-ring (bicyclic) bond motifs is 2. The molecule has 6 heteroatoms. The van der Waals surface area contributed by atoms with Crippen LogP contribution in [-0.4, -0.2) is 52.1 Å². The van der Waals surface area contributed by atoms with Gasteiger partial charge >= 0.3 is 0 Å². The Bertz CT molecular complexity index is 1320. The Balaban J connectivity index is 1.22. The number of hydroxylamine groups is 3. The second kappa shape index (κ2) is 7.93. The average Bonchev–Trinajstić information content (AvgIpc) is 3.37. The molecule has 1 unspecified atom stereocenters. The predicted octanol–water partition coefficient (Wildman–Crippen LogP) is 6.95. The lowest BCUT2D eigenvalue weighted by Crippen LogP contribution is -2.59. The molecule has 3 heterocycles. The summed E-state index contributed by atoms with van der Waals surface area (Å²) in [7, 11) is 1.54. The zero-order chi connectivity index (χ0) is 25.6. The molecule has 0 amide bonds. The second-order valence-electron chi connectivity index (χ2n) is 12.9. The smallest absolute Gasteiger partial charge is 0.289 e. The number of quaternary nitrogens is 1. The van der Waals surface area contributed by atoms with Gasteiger partial charge in [0.25, 0.3) is 6.43 Å². The van der Waals surface area contributed by atoms with Gasteiger partial charge in [0, 0.05) is 30.6 Å². The zero-order valence-electron chi connectivity index (χ0n) is 21.8. The van der Waals surface area contributed by atoms with Crippen LogP contribution in [0.4, 0.5) is 8.78 Å². The first kappa shape index (κ1) is 23.9. The molecule has 7 atom stereocenters. The topological polar surface area (TPSA) is 42.4 Å². The molecule has 1 N–H and O–H groups in total. The largest absolute Gasteiger partial charge is 0.359 e. The lowest BCUT2D eigenvalue weighted by atomic mass is 9.58. The van der Waals surface area contributed by atoms with Gasteiger partial charge < -0.3 is 4.74 Å². The molecule has 2 saturated carbocycles. The van der Waals surface area contributed by atoms with Crippen molar-refractivity contribution in [2.75, 3.05) is 13.6 Å². The van der Waals surface area contributed by atoms with Crippen LogP contribution in [0.3, 0.4) is 0 Å². The highest BCUT2D eigenvalue weighted by atomic mass is 19.3. The lowest BCUT2D eigenvalue weighted by molar-refractivity contribution is -1.11. The van der Waals surface area contributed by atoms with E-state index in [4.69, 9.17) is 4.74 Å². The highest BCUT2D eigenvalue weighted by Gasteiger charge is 2.67. The van der Waals surface area contributed by atoms with E-state index >= 15 is 0 Å². The zero-order valence-corrected chi connectivity index (χ0v) is 21.8. The molecule has 3 fully saturated rings. The highest BCUT2D eigenvalue weighted by Crippen LogP contribution is 2.69. The molecule has 3 aliphatic carbocycles. The number of ether oxygens (including phenoxy) is 1. The van der Waals surface area contributed by atoms with Gasteiger partial charge in [0.05, 0.1) is 18.2 Å². The number of pyridine rings is 1. The maximum Gasteiger partial charge on any atom is 0.289 e. The third-order valence-electron chi connectivity index (χ3n) is 11.0. The van der Waals surface area contributed by atoms with Crippen molar-refractivity contribution in [3.05, 3.63) is 65.5 Å². The summed E-state index contributed by atoms with van der Waals surface area (Å²) in [6, 6.07) is 8.71. The van der Waals surface area contributed by atoms with Crippen LogP contribution < -0.4 is 0 Å². The summed E-state index contributed by atoms with van der Waals surface area (Å²) in [5.41, 5.74) is 3.45. The first-order chi connectivity index (χ1) is 17.7. The Labute approximate surface area is 217 Å². The van der Waals surface area contributed by atoms with Crippen LogP contribution in [0.5, 0.6) is 0 Å². The maximum atomic E-state index is 13.2. The van der Waals surface area contributed by atoms with Crippen LogP contribution in [0, 0.1) is 11.3 Å². The van der Waals surface area contributed by atoms with Crippen LogP contribution in [0.1, 0.15) is 69.8 Å². The van der Waals surface area contributed by atoms with E-state index < -0.39 is 23.2 Å². The summed E-state index contributed by atoms with van der Waals surface area (Å²) in [6.07, 6.45) is 13.5. The molecule has 4 nitrogen and oxygen atoms in total. The van der Waals surface area contributed by atoms with Crippen molar-refractivity contribution in [3.8, 4) is 0 Å². The Morgan fingerprint density at radius 2 is 2.03 bits per heavy atom. The molecule has 7 rings (SSSR count). The van der Waals surface area contributed by atoms with Crippen LogP contribution in [0.25, 0.3) is 10.8 Å².